The zero-order valence-electron chi connectivity index (χ0n) is 16.9. The molecule has 2 nitrogen and oxygen atoms in total. The van der Waals surface area contributed by atoms with Gasteiger partial charge in [-0.3, -0.25) is 4.57 Å². The zero-order valence-corrected chi connectivity index (χ0v) is 16.9. The van der Waals surface area contributed by atoms with Crippen LogP contribution in [0, 0.1) is 6.92 Å². The molecule has 144 valence electrons. The number of hydrogen-bond donors (Lipinski definition) is 0. The third-order valence-electron chi connectivity index (χ3n) is 5.37. The average molecular weight is 386 g/mol. The highest BCUT2D eigenvalue weighted by Crippen LogP contribution is 2.39. The van der Waals surface area contributed by atoms with Gasteiger partial charge in [0.25, 0.3) is 0 Å². The Bertz CT molecular complexity index is 1270. The van der Waals surface area contributed by atoms with Gasteiger partial charge in [-0.1, -0.05) is 103 Å². The van der Waals surface area contributed by atoms with Crippen molar-refractivity contribution in [3.63, 3.8) is 0 Å². The number of hydrogen-bond acceptors (Lipinski definition) is 1. The molecule has 0 N–H and O–H groups in total. The van der Waals surface area contributed by atoms with Crippen LogP contribution in [0.4, 0.5) is 0 Å². The van der Waals surface area contributed by atoms with Gasteiger partial charge < -0.3 is 0 Å². The van der Waals surface area contributed by atoms with Crippen molar-refractivity contribution >= 4 is 0 Å². The fraction of sp³-hybridized carbons (Fsp3) is 0.0357. The second kappa shape index (κ2) is 7.84. The van der Waals surface area contributed by atoms with Gasteiger partial charge in [0, 0.05) is 22.4 Å². The topological polar surface area (TPSA) is 17.8 Å². The molecule has 4 aromatic carbocycles. The van der Waals surface area contributed by atoms with Gasteiger partial charge in [0.1, 0.15) is 5.82 Å². The molecule has 30 heavy (non-hydrogen) atoms. The Morgan fingerprint density at radius 2 is 1.10 bits per heavy atom. The number of aryl methyl sites for hydroxylation is 1. The van der Waals surface area contributed by atoms with E-state index in [1.165, 1.54) is 5.56 Å². The lowest BCUT2D eigenvalue weighted by Gasteiger charge is -2.14. The Morgan fingerprint density at radius 1 is 0.567 bits per heavy atom. The summed E-state index contributed by atoms with van der Waals surface area (Å²) < 4.78 is 2.29. The minimum Gasteiger partial charge on any atom is -0.292 e. The van der Waals surface area contributed by atoms with Crippen molar-refractivity contribution in [2.24, 2.45) is 0 Å². The molecule has 0 fully saturated rings. The summed E-state index contributed by atoms with van der Waals surface area (Å²) in [4.78, 5) is 5.23. The highest BCUT2D eigenvalue weighted by molar-refractivity contribution is 5.84. The first-order valence-corrected chi connectivity index (χ1v) is 10.2. The first kappa shape index (κ1) is 18.1. The second-order valence-corrected chi connectivity index (χ2v) is 7.35. The zero-order chi connectivity index (χ0) is 20.3. The van der Waals surface area contributed by atoms with Crippen LogP contribution in [0.1, 0.15) is 5.56 Å². The quantitative estimate of drug-likeness (QED) is 0.320. The van der Waals surface area contributed by atoms with Crippen LogP contribution in [-0.4, -0.2) is 9.55 Å². The molecule has 1 heterocycles. The number of imidazole rings is 1. The molecule has 0 aliphatic carbocycles. The van der Waals surface area contributed by atoms with E-state index in [1.54, 1.807) is 0 Å². The first-order valence-electron chi connectivity index (χ1n) is 10.2. The van der Waals surface area contributed by atoms with Crippen molar-refractivity contribution in [1.82, 2.24) is 9.55 Å². The largest absolute Gasteiger partial charge is 0.292 e. The number of nitrogens with zero attached hydrogens (tertiary/aromatic N) is 2. The summed E-state index contributed by atoms with van der Waals surface area (Å²) >= 11 is 0. The molecule has 0 unspecified atom stereocenters. The second-order valence-electron chi connectivity index (χ2n) is 7.35. The first-order chi connectivity index (χ1) is 14.8. The van der Waals surface area contributed by atoms with Crippen molar-refractivity contribution in [1.29, 1.82) is 0 Å². The molecule has 0 atom stereocenters. The Hall–Kier alpha value is -3.91. The molecule has 5 rings (SSSR count). The van der Waals surface area contributed by atoms with Crippen LogP contribution in [0.2, 0.25) is 0 Å². The molecule has 0 aliphatic rings. The SMILES string of the molecule is Cc1ccccc1-c1nc(-c2ccccc2)c(-c2ccccc2)n1-c1ccccc1. The van der Waals surface area contributed by atoms with E-state index in [0.29, 0.717) is 0 Å². The summed E-state index contributed by atoms with van der Waals surface area (Å²) in [6, 6.07) is 39.9. The number of benzene rings is 4. The summed E-state index contributed by atoms with van der Waals surface area (Å²) in [7, 11) is 0. The average Bonchev–Trinajstić information content (AvgIpc) is 3.21. The van der Waals surface area contributed by atoms with E-state index in [0.717, 1.165) is 39.6 Å². The molecule has 0 aliphatic heterocycles. The molecule has 0 bridgehead atoms. The third kappa shape index (κ3) is 3.23. The Balaban J connectivity index is 1.91. The maximum Gasteiger partial charge on any atom is 0.146 e. The fourth-order valence-corrected chi connectivity index (χ4v) is 3.91. The van der Waals surface area contributed by atoms with E-state index in [-0.39, 0.29) is 0 Å². The molecule has 2 heteroatoms. The van der Waals surface area contributed by atoms with Gasteiger partial charge in [0.05, 0.1) is 11.4 Å². The lowest BCUT2D eigenvalue weighted by Crippen LogP contribution is -2.01. The van der Waals surface area contributed by atoms with Crippen LogP contribution in [0.5, 0.6) is 0 Å². The molecule has 0 amide bonds. The Labute approximate surface area is 177 Å². The summed E-state index contributed by atoms with van der Waals surface area (Å²) in [5, 5.41) is 0. The van der Waals surface area contributed by atoms with Gasteiger partial charge in [0.2, 0.25) is 0 Å². The summed E-state index contributed by atoms with van der Waals surface area (Å²) in [5.74, 6) is 0.956. The minimum absolute atomic E-state index is 0.956. The Kier molecular flexibility index (Phi) is 4.74. The van der Waals surface area contributed by atoms with E-state index in [1.807, 2.05) is 12.1 Å². The van der Waals surface area contributed by atoms with Gasteiger partial charge in [-0.05, 0) is 24.6 Å². The number of aromatic nitrogens is 2. The van der Waals surface area contributed by atoms with E-state index >= 15 is 0 Å². The van der Waals surface area contributed by atoms with Crippen LogP contribution in [0.15, 0.2) is 115 Å². The van der Waals surface area contributed by atoms with Gasteiger partial charge in [0.15, 0.2) is 0 Å². The van der Waals surface area contributed by atoms with Gasteiger partial charge in [-0.15, -0.1) is 0 Å². The molecular weight excluding hydrogens is 364 g/mol. The monoisotopic (exact) mass is 386 g/mol. The van der Waals surface area contributed by atoms with Crippen molar-refractivity contribution in [2.75, 3.05) is 0 Å². The summed E-state index contributed by atoms with van der Waals surface area (Å²) in [6.07, 6.45) is 0. The lowest BCUT2D eigenvalue weighted by molar-refractivity contribution is 1.07. The van der Waals surface area contributed by atoms with Crippen LogP contribution in [0.3, 0.4) is 0 Å². The van der Waals surface area contributed by atoms with Gasteiger partial charge in [-0.25, -0.2) is 4.98 Å². The van der Waals surface area contributed by atoms with Crippen molar-refractivity contribution in [2.45, 2.75) is 6.92 Å². The van der Waals surface area contributed by atoms with E-state index in [9.17, 15) is 0 Å². The highest BCUT2D eigenvalue weighted by atomic mass is 15.1. The van der Waals surface area contributed by atoms with Crippen molar-refractivity contribution < 1.29 is 0 Å². The fourth-order valence-electron chi connectivity index (χ4n) is 3.91. The van der Waals surface area contributed by atoms with E-state index in [4.69, 9.17) is 4.98 Å². The van der Waals surface area contributed by atoms with Crippen LogP contribution in [0.25, 0.3) is 39.6 Å². The Morgan fingerprint density at radius 3 is 1.73 bits per heavy atom. The maximum atomic E-state index is 5.23. The molecule has 5 aromatic rings. The molecule has 0 spiro atoms. The van der Waals surface area contributed by atoms with Crippen LogP contribution in [-0.2, 0) is 0 Å². The van der Waals surface area contributed by atoms with Crippen LogP contribution >= 0.6 is 0 Å². The van der Waals surface area contributed by atoms with E-state index < -0.39 is 0 Å². The normalized spacial score (nSPS) is 10.8. The molecule has 1 aromatic heterocycles. The van der Waals surface area contributed by atoms with Crippen molar-refractivity contribution in [3.8, 4) is 39.6 Å². The highest BCUT2D eigenvalue weighted by Gasteiger charge is 2.22. The third-order valence-corrected chi connectivity index (χ3v) is 5.37. The summed E-state index contributed by atoms with van der Waals surface area (Å²) in [5.41, 5.74) is 7.80. The standard InChI is InChI=1S/C28H22N2/c1-21-13-11-12-20-25(21)28-29-26(22-14-5-2-6-15-22)27(23-16-7-3-8-17-23)30(28)24-18-9-4-10-19-24/h2-20H,1H3. The number of para-hydroxylation sites is 1. The van der Waals surface area contributed by atoms with Crippen molar-refractivity contribution in [3.05, 3.63) is 121 Å². The molecule has 0 saturated heterocycles. The predicted octanol–water partition coefficient (Wildman–Crippen LogP) is 7.18. The molecule has 0 radical (unpaired) electrons. The lowest BCUT2D eigenvalue weighted by atomic mass is 10.0. The number of rotatable bonds is 4. The minimum atomic E-state index is 0.956. The maximum absolute atomic E-state index is 5.23. The van der Waals surface area contributed by atoms with Crippen LogP contribution < -0.4 is 0 Å². The predicted molar refractivity (Wildman–Crippen MR) is 125 cm³/mol. The summed E-state index contributed by atoms with van der Waals surface area (Å²) in [6.45, 7) is 2.14. The molecule has 0 saturated carbocycles. The van der Waals surface area contributed by atoms with E-state index in [2.05, 4.69) is 115 Å². The smallest absolute Gasteiger partial charge is 0.146 e. The van der Waals surface area contributed by atoms with Gasteiger partial charge >= 0.3 is 0 Å². The molecular formula is C28H22N2. The van der Waals surface area contributed by atoms with Gasteiger partial charge in [-0.2, -0.15) is 0 Å².